The molecular formula is C18H16B2N4O5. The Balaban J connectivity index is 1.44. The van der Waals surface area contributed by atoms with Crippen molar-refractivity contribution >= 4 is 60.9 Å². The maximum absolute atomic E-state index is 12.2. The summed E-state index contributed by atoms with van der Waals surface area (Å²) in [5.74, 6) is -2.99. The van der Waals surface area contributed by atoms with Gasteiger partial charge in [-0.2, -0.15) is 0 Å². The lowest BCUT2D eigenvalue weighted by Crippen LogP contribution is -2.49. The van der Waals surface area contributed by atoms with E-state index in [4.69, 9.17) is 0 Å². The summed E-state index contributed by atoms with van der Waals surface area (Å²) in [5, 5.41) is 5.71. The first-order valence-electron chi connectivity index (χ1n) is 8.81. The quantitative estimate of drug-likeness (QED) is 0.281. The maximum atomic E-state index is 12.2. The van der Waals surface area contributed by atoms with Gasteiger partial charge in [0.2, 0.25) is 5.91 Å². The normalized spacial score (nSPS) is 14.0. The fraction of sp³-hybridized carbons (Fsp3) is 0.167. The average Bonchev–Trinajstić information content (AvgIpc) is 3.26. The van der Waals surface area contributed by atoms with Crippen molar-refractivity contribution in [3.05, 3.63) is 42.6 Å². The Bertz CT molecular complexity index is 985. The summed E-state index contributed by atoms with van der Waals surface area (Å²) in [6.45, 7) is -0.0726. The van der Waals surface area contributed by atoms with Crippen molar-refractivity contribution in [3.63, 3.8) is 0 Å². The molecule has 1 aromatic carbocycles. The number of amides is 4. The molecule has 1 aromatic heterocycles. The number of para-hydroxylation sites is 1. The first-order valence-corrected chi connectivity index (χ1v) is 8.81. The zero-order valence-corrected chi connectivity index (χ0v) is 15.3. The summed E-state index contributed by atoms with van der Waals surface area (Å²) in [7, 11) is 2.49. The highest BCUT2D eigenvalue weighted by Crippen LogP contribution is 2.08. The summed E-state index contributed by atoms with van der Waals surface area (Å²) in [5.41, 5.74) is 1.54. The molecule has 1 aliphatic heterocycles. The summed E-state index contributed by atoms with van der Waals surface area (Å²) in [6, 6.07) is 7.46. The molecule has 3 rings (SSSR count). The van der Waals surface area contributed by atoms with Gasteiger partial charge in [0.05, 0.1) is 5.94 Å². The van der Waals surface area contributed by atoms with E-state index in [1.54, 1.807) is 6.20 Å². The van der Waals surface area contributed by atoms with Crippen LogP contribution in [0.25, 0.3) is 10.9 Å². The molecule has 0 aliphatic carbocycles. The van der Waals surface area contributed by atoms with E-state index in [1.807, 2.05) is 24.3 Å². The van der Waals surface area contributed by atoms with Crippen LogP contribution in [-0.4, -0.2) is 66.9 Å². The number of nitrogens with one attached hydrogen (secondary N) is 3. The van der Waals surface area contributed by atoms with Crippen LogP contribution < -0.4 is 16.0 Å². The van der Waals surface area contributed by atoms with Crippen LogP contribution in [-0.2, 0) is 19.2 Å². The molecule has 1 unspecified atom stereocenters. The van der Waals surface area contributed by atoms with Crippen LogP contribution in [0.5, 0.6) is 0 Å². The van der Waals surface area contributed by atoms with Gasteiger partial charge in [-0.1, -0.05) is 18.2 Å². The number of H-pyrrole nitrogens is 1. The van der Waals surface area contributed by atoms with E-state index in [-0.39, 0.29) is 13.0 Å². The lowest BCUT2D eigenvalue weighted by atomic mass is 9.68. The highest BCUT2D eigenvalue weighted by molar-refractivity contribution is 6.85. The van der Waals surface area contributed by atoms with Crippen LogP contribution in [0.3, 0.4) is 0 Å². The van der Waals surface area contributed by atoms with Gasteiger partial charge in [0.25, 0.3) is 26.5 Å². The minimum atomic E-state index is -1.04. The number of hydrogen-bond acceptors (Lipinski definition) is 5. The molecule has 2 heterocycles. The third-order valence-corrected chi connectivity index (χ3v) is 4.25. The highest BCUT2D eigenvalue weighted by Gasteiger charge is 2.24. The predicted molar refractivity (Wildman–Crippen MR) is 106 cm³/mol. The smallest absolute Gasteiger partial charge is 0.280 e. The van der Waals surface area contributed by atoms with E-state index < -0.39 is 29.5 Å². The Morgan fingerprint density at radius 3 is 2.62 bits per heavy atom. The van der Waals surface area contributed by atoms with E-state index in [2.05, 4.69) is 15.5 Å². The number of imide groups is 1. The Labute approximate surface area is 167 Å². The fourth-order valence-electron chi connectivity index (χ4n) is 2.80. The van der Waals surface area contributed by atoms with Crippen LogP contribution in [0, 0.1) is 0 Å². The first kappa shape index (κ1) is 20.1. The minimum absolute atomic E-state index is 0.0726. The van der Waals surface area contributed by atoms with Gasteiger partial charge < -0.3 is 20.3 Å². The van der Waals surface area contributed by atoms with E-state index in [0.717, 1.165) is 35.4 Å². The van der Waals surface area contributed by atoms with Crippen molar-refractivity contribution in [2.75, 3.05) is 6.54 Å². The molecule has 2 aromatic rings. The van der Waals surface area contributed by atoms with E-state index in [9.17, 15) is 24.0 Å². The molecule has 4 amide bonds. The molecule has 0 saturated carbocycles. The molecule has 144 valence electrons. The number of aromatic nitrogens is 1. The largest absolute Gasteiger partial charge is 0.401 e. The number of fused-ring (bicyclic) bond motifs is 1. The lowest BCUT2D eigenvalue weighted by Gasteiger charge is -2.15. The van der Waals surface area contributed by atoms with Crippen molar-refractivity contribution in [3.8, 4) is 0 Å². The Morgan fingerprint density at radius 1 is 1.17 bits per heavy atom. The van der Waals surface area contributed by atoms with Gasteiger partial charge in [0.15, 0.2) is 5.81 Å². The van der Waals surface area contributed by atoms with Crippen molar-refractivity contribution in [1.82, 2.24) is 20.4 Å². The molecule has 0 bridgehead atoms. The van der Waals surface area contributed by atoms with Gasteiger partial charge in [-0.3, -0.25) is 24.1 Å². The van der Waals surface area contributed by atoms with Crippen molar-refractivity contribution in [2.24, 2.45) is 0 Å². The predicted octanol–water partition coefficient (Wildman–Crippen LogP) is -1.22. The second-order valence-electron chi connectivity index (χ2n) is 6.25. The molecular weight excluding hydrogens is 374 g/mol. The van der Waals surface area contributed by atoms with Gasteiger partial charge in [0.1, 0.15) is 6.29 Å². The number of nitrogens with zero attached hydrogens (tertiary/aromatic N) is 1. The van der Waals surface area contributed by atoms with E-state index in [1.165, 1.54) is 7.28 Å². The number of carbonyl (C=O) groups excluding carboxylic acids is 5. The Morgan fingerprint density at radius 2 is 1.90 bits per heavy atom. The highest BCUT2D eigenvalue weighted by atomic mass is 16.2. The van der Waals surface area contributed by atoms with E-state index >= 15 is 0 Å². The number of hydrogen-bond donors (Lipinski definition) is 3. The van der Waals surface area contributed by atoms with E-state index in [0.29, 0.717) is 11.7 Å². The van der Waals surface area contributed by atoms with Gasteiger partial charge in [-0.15, -0.1) is 0 Å². The molecule has 29 heavy (non-hydrogen) atoms. The zero-order chi connectivity index (χ0) is 20.8. The molecule has 1 aliphatic rings. The molecule has 11 heteroatoms. The van der Waals surface area contributed by atoms with Crippen LogP contribution in [0.2, 0.25) is 0 Å². The molecule has 9 nitrogen and oxygen atoms in total. The second-order valence-corrected chi connectivity index (χ2v) is 6.25. The van der Waals surface area contributed by atoms with Crippen LogP contribution >= 0.6 is 0 Å². The SMILES string of the molecule is O=CC([B]NC(=O)CCN1C(=O)C=CC1=O)NC(=O)[B]c1c[nH]c2ccccc12. The average molecular weight is 390 g/mol. The number of aromatic amines is 1. The number of benzene rings is 1. The fourth-order valence-corrected chi connectivity index (χ4v) is 2.80. The molecule has 0 saturated heterocycles. The maximum Gasteiger partial charge on any atom is 0.280 e. The van der Waals surface area contributed by atoms with Crippen LogP contribution in [0.4, 0.5) is 4.79 Å². The third-order valence-electron chi connectivity index (χ3n) is 4.25. The molecule has 2 radical (unpaired) electrons. The lowest BCUT2D eigenvalue weighted by molar-refractivity contribution is -0.137. The van der Waals surface area contributed by atoms with Crippen molar-refractivity contribution in [2.45, 2.75) is 12.4 Å². The third kappa shape index (κ3) is 5.01. The molecule has 0 fully saturated rings. The Hall–Kier alpha value is -3.62. The number of carbonyl (C=O) groups is 5. The summed E-state index contributed by atoms with van der Waals surface area (Å²) in [6.07, 6.45) is 4.29. The summed E-state index contributed by atoms with van der Waals surface area (Å²) < 4.78 is 0. The van der Waals surface area contributed by atoms with Gasteiger partial charge >= 0.3 is 0 Å². The first-order chi connectivity index (χ1) is 14.0. The van der Waals surface area contributed by atoms with Crippen LogP contribution in [0.1, 0.15) is 6.42 Å². The Kier molecular flexibility index (Phi) is 6.28. The van der Waals surface area contributed by atoms with Gasteiger partial charge in [-0.25, -0.2) is 0 Å². The molecule has 1 atom stereocenters. The van der Waals surface area contributed by atoms with Crippen molar-refractivity contribution < 1.29 is 24.0 Å². The van der Waals surface area contributed by atoms with Gasteiger partial charge in [-0.05, 0) is 23.1 Å². The monoisotopic (exact) mass is 390 g/mol. The topological polar surface area (TPSA) is 128 Å². The molecule has 3 N–H and O–H groups in total. The van der Waals surface area contributed by atoms with Crippen LogP contribution in [0.15, 0.2) is 42.6 Å². The number of rotatable bonds is 9. The molecule has 0 spiro atoms. The second kappa shape index (κ2) is 9.05. The summed E-state index contributed by atoms with van der Waals surface area (Å²) >= 11 is 0. The minimum Gasteiger partial charge on any atom is -0.401 e. The summed E-state index contributed by atoms with van der Waals surface area (Å²) in [4.78, 5) is 62.1. The zero-order valence-electron chi connectivity index (χ0n) is 15.3. The van der Waals surface area contributed by atoms with Gasteiger partial charge in [0, 0.05) is 30.6 Å². The standard InChI is InChI=1S/C18H16B2N4O5/c25-10-14(20-23-15(26)7-8-24-16(27)5-6-17(24)28)22-18(29)19-12-9-21-13-4-2-1-3-11(12)13/h1-6,9-10,14,21H,7-8H2,(H,22,29)(H,23,26). The number of aldehydes is 1. The van der Waals surface area contributed by atoms with Crippen molar-refractivity contribution in [1.29, 1.82) is 0 Å².